The van der Waals surface area contributed by atoms with Crippen LogP contribution in [0.15, 0.2) is 36.4 Å². The van der Waals surface area contributed by atoms with E-state index in [-0.39, 0.29) is 11.1 Å². The van der Waals surface area contributed by atoms with Crippen LogP contribution in [0.1, 0.15) is 61.1 Å². The van der Waals surface area contributed by atoms with Gasteiger partial charge >= 0.3 is 12.4 Å². The number of hydrogen-bond acceptors (Lipinski definition) is 2. The highest BCUT2D eigenvalue weighted by molar-refractivity contribution is 5.69. The van der Waals surface area contributed by atoms with Crippen LogP contribution in [0.2, 0.25) is 0 Å². The van der Waals surface area contributed by atoms with Crippen molar-refractivity contribution in [2.45, 2.75) is 45.5 Å². The number of phenols is 2. The summed E-state index contributed by atoms with van der Waals surface area (Å²) in [4.78, 5) is 0. The highest BCUT2D eigenvalue weighted by Gasteiger charge is 2.39. The van der Waals surface area contributed by atoms with Crippen molar-refractivity contribution in [3.8, 4) is 11.5 Å². The van der Waals surface area contributed by atoms with Crippen molar-refractivity contribution in [1.29, 1.82) is 0 Å². The quantitative estimate of drug-likeness (QED) is 0.479. The minimum atomic E-state index is -4.72. The molecule has 0 bridgehead atoms. The largest absolute Gasteiger partial charge is 0.507 e. The molecule has 0 unspecified atom stereocenters. The molecule has 0 spiro atoms. The number of phenolic OH excluding ortho intramolecular Hbond substituents is 2. The molecule has 0 saturated heterocycles. The van der Waals surface area contributed by atoms with Crippen molar-refractivity contribution in [3.63, 3.8) is 0 Å². The first-order valence-corrected chi connectivity index (χ1v) is 9.30. The van der Waals surface area contributed by atoms with E-state index in [9.17, 15) is 36.6 Å². The van der Waals surface area contributed by atoms with Crippen LogP contribution < -0.4 is 0 Å². The zero-order valence-corrected chi connectivity index (χ0v) is 17.3. The second kappa shape index (κ2) is 8.32. The minimum absolute atomic E-state index is 0.0232. The number of hydrogen-bond donors (Lipinski definition) is 2. The number of alkyl halides is 6. The molecule has 0 amide bonds. The van der Waals surface area contributed by atoms with Gasteiger partial charge in [-0.3, -0.25) is 0 Å². The molecule has 0 atom stereocenters. The van der Waals surface area contributed by atoms with Crippen LogP contribution in [-0.2, 0) is 17.8 Å². The fourth-order valence-electron chi connectivity index (χ4n) is 3.53. The third kappa shape index (κ3) is 4.57. The predicted octanol–water partition coefficient (Wildman–Crippen LogP) is 7.53. The maximum absolute atomic E-state index is 13.4. The summed E-state index contributed by atoms with van der Waals surface area (Å²) in [5.74, 6) is -1.32. The third-order valence-electron chi connectivity index (χ3n) is 5.06. The van der Waals surface area contributed by atoms with E-state index in [4.69, 9.17) is 0 Å². The van der Waals surface area contributed by atoms with Gasteiger partial charge in [-0.1, -0.05) is 50.3 Å². The predicted molar refractivity (Wildman–Crippen MR) is 108 cm³/mol. The van der Waals surface area contributed by atoms with Crippen LogP contribution in [0.3, 0.4) is 0 Å². The number of halogens is 6. The van der Waals surface area contributed by atoms with E-state index in [1.54, 1.807) is 0 Å². The van der Waals surface area contributed by atoms with E-state index in [1.165, 1.54) is 39.8 Å². The number of allylic oxidation sites excluding steroid dienone is 2. The lowest BCUT2D eigenvalue weighted by Crippen LogP contribution is -2.22. The smallest absolute Gasteiger partial charge is 0.417 e. The summed E-state index contributed by atoms with van der Waals surface area (Å²) in [7, 11) is 0. The van der Waals surface area contributed by atoms with Crippen LogP contribution >= 0.6 is 0 Å². The molecule has 0 saturated carbocycles. The molecule has 0 aliphatic heterocycles. The molecule has 8 heteroatoms. The van der Waals surface area contributed by atoms with Gasteiger partial charge in [0, 0.05) is 27.7 Å². The van der Waals surface area contributed by atoms with Gasteiger partial charge in [-0.15, -0.1) is 0 Å². The number of rotatable bonds is 4. The van der Waals surface area contributed by atoms with Gasteiger partial charge in [-0.2, -0.15) is 26.3 Å². The molecular formula is C23H22F6O2. The molecule has 2 rings (SSSR count). The van der Waals surface area contributed by atoms with Crippen LogP contribution in [0.5, 0.6) is 11.5 Å². The molecule has 0 radical (unpaired) electrons. The fraction of sp³-hybridized carbons (Fsp3) is 0.304. The second-order valence-electron chi connectivity index (χ2n) is 7.47. The lowest BCUT2D eigenvalue weighted by Gasteiger charge is -2.30. The average Bonchev–Trinajstić information content (AvgIpc) is 2.62. The molecule has 2 nitrogen and oxygen atoms in total. The Hall–Kier alpha value is -2.90. The highest BCUT2D eigenvalue weighted by atomic mass is 19.4. The standard InChI is InChI=1S/C23H22F6O2/c1-5-7-13-15(22(24,25)26)9-11-17(19(13)30)21(3,4)18-12-10-16(23(27,28)29)14(8-6-2)20(18)31/h5-12,30-31H,1-4H3. The van der Waals surface area contributed by atoms with Gasteiger partial charge in [-0.25, -0.2) is 0 Å². The summed E-state index contributed by atoms with van der Waals surface area (Å²) in [6.45, 7) is 5.97. The lowest BCUT2D eigenvalue weighted by molar-refractivity contribution is -0.138. The minimum Gasteiger partial charge on any atom is -0.507 e. The molecule has 2 N–H and O–H groups in total. The molecule has 2 aromatic carbocycles. The molecular weight excluding hydrogens is 422 g/mol. The number of benzene rings is 2. The van der Waals surface area contributed by atoms with Crippen LogP contribution in [0, 0.1) is 0 Å². The molecule has 0 heterocycles. The zero-order chi connectivity index (χ0) is 23.8. The zero-order valence-electron chi connectivity index (χ0n) is 17.3. The van der Waals surface area contributed by atoms with Gasteiger partial charge in [-0.05, 0) is 26.0 Å². The van der Waals surface area contributed by atoms with Crippen molar-refractivity contribution in [2.75, 3.05) is 0 Å². The topological polar surface area (TPSA) is 40.5 Å². The first kappa shape index (κ1) is 24.4. The van der Waals surface area contributed by atoms with Gasteiger partial charge in [0.25, 0.3) is 0 Å². The second-order valence-corrected chi connectivity index (χ2v) is 7.47. The maximum Gasteiger partial charge on any atom is 0.417 e. The van der Waals surface area contributed by atoms with Gasteiger partial charge in [0.05, 0.1) is 11.1 Å². The van der Waals surface area contributed by atoms with Gasteiger partial charge in [0.15, 0.2) is 0 Å². The Morgan fingerprint density at radius 1 is 0.613 bits per heavy atom. The van der Waals surface area contributed by atoms with Crippen LogP contribution in [-0.4, -0.2) is 10.2 Å². The summed E-state index contributed by atoms with van der Waals surface area (Å²) in [5, 5.41) is 21.4. The van der Waals surface area contributed by atoms with E-state index in [2.05, 4.69) is 0 Å². The van der Waals surface area contributed by atoms with Crippen molar-refractivity contribution < 1.29 is 36.6 Å². The van der Waals surface area contributed by atoms with Crippen molar-refractivity contribution in [3.05, 3.63) is 69.8 Å². The maximum atomic E-state index is 13.4. The van der Waals surface area contributed by atoms with Crippen molar-refractivity contribution in [1.82, 2.24) is 0 Å². The fourth-order valence-corrected chi connectivity index (χ4v) is 3.53. The van der Waals surface area contributed by atoms with Gasteiger partial charge in [0.1, 0.15) is 11.5 Å². The summed E-state index contributed by atoms with van der Waals surface area (Å²) in [6, 6.07) is 3.75. The van der Waals surface area contributed by atoms with Crippen LogP contribution in [0.25, 0.3) is 12.2 Å². The average molecular weight is 444 g/mol. The Labute approximate surface area is 176 Å². The number of aromatic hydroxyl groups is 2. The molecule has 168 valence electrons. The Balaban J connectivity index is 2.82. The van der Waals surface area contributed by atoms with Gasteiger partial charge < -0.3 is 10.2 Å². The van der Waals surface area contributed by atoms with E-state index >= 15 is 0 Å². The van der Waals surface area contributed by atoms with E-state index < -0.39 is 51.5 Å². The Morgan fingerprint density at radius 2 is 0.903 bits per heavy atom. The summed E-state index contributed by atoms with van der Waals surface area (Å²) < 4.78 is 80.2. The lowest BCUT2D eigenvalue weighted by atomic mass is 9.75. The summed E-state index contributed by atoms with van der Waals surface area (Å²) >= 11 is 0. The van der Waals surface area contributed by atoms with E-state index in [0.29, 0.717) is 0 Å². The van der Waals surface area contributed by atoms with Crippen LogP contribution in [0.4, 0.5) is 26.3 Å². The van der Waals surface area contributed by atoms with Crippen molar-refractivity contribution in [2.24, 2.45) is 0 Å². The summed E-state index contributed by atoms with van der Waals surface area (Å²) in [5.41, 5.74) is -4.29. The molecule has 0 aliphatic carbocycles. The van der Waals surface area contributed by atoms with E-state index in [0.717, 1.165) is 36.4 Å². The first-order valence-electron chi connectivity index (χ1n) is 9.30. The molecule has 0 fully saturated rings. The molecule has 2 aromatic rings. The third-order valence-corrected chi connectivity index (χ3v) is 5.06. The normalized spacial score (nSPS) is 13.5. The van der Waals surface area contributed by atoms with Crippen molar-refractivity contribution >= 4 is 12.2 Å². The van der Waals surface area contributed by atoms with Gasteiger partial charge in [0.2, 0.25) is 0 Å². The Morgan fingerprint density at radius 3 is 1.16 bits per heavy atom. The Kier molecular flexibility index (Phi) is 6.54. The monoisotopic (exact) mass is 444 g/mol. The summed E-state index contributed by atoms with van der Waals surface area (Å²) in [6.07, 6.45) is -4.55. The first-order chi connectivity index (χ1) is 14.2. The molecule has 0 aliphatic rings. The Bertz CT molecular complexity index is 946. The molecule has 0 aromatic heterocycles. The highest BCUT2D eigenvalue weighted by Crippen LogP contribution is 2.48. The molecule has 31 heavy (non-hydrogen) atoms. The van der Waals surface area contributed by atoms with E-state index in [1.807, 2.05) is 0 Å². The SMILES string of the molecule is CC=Cc1c(C(F)(F)F)ccc(C(C)(C)c2ccc(C(F)(F)F)c(C=CC)c2O)c1O.